The number of nitrogens with one attached hydrogen (secondary N) is 2. The van der Waals surface area contributed by atoms with Crippen LogP contribution in [0.5, 0.6) is 0 Å². The monoisotopic (exact) mass is 130 g/mol. The molecule has 8 heavy (non-hydrogen) atoms. The third-order valence-corrected chi connectivity index (χ3v) is 1.57. The van der Waals surface area contributed by atoms with E-state index in [9.17, 15) is 0 Å². The second kappa shape index (κ2) is 1.12. The fraction of sp³-hybridized carbons (Fsp3) is 0.667. The molecular formula is C3H6N4S. The van der Waals surface area contributed by atoms with Crippen LogP contribution in [0.15, 0.2) is 0 Å². The highest BCUT2D eigenvalue weighted by molar-refractivity contribution is 7.80. The number of fused-ring (bicyclic) bond motifs is 1. The van der Waals surface area contributed by atoms with Gasteiger partial charge in [0.1, 0.15) is 12.3 Å². The number of hydrogen-bond acceptors (Lipinski definition) is 3. The Labute approximate surface area is 52.0 Å². The SMILES string of the molecule is NC1C2NC(=S)NN12. The zero-order valence-corrected chi connectivity index (χ0v) is 4.90. The van der Waals surface area contributed by atoms with Crippen molar-refractivity contribution in [3.63, 3.8) is 0 Å². The van der Waals surface area contributed by atoms with Crippen molar-refractivity contribution >= 4 is 17.3 Å². The van der Waals surface area contributed by atoms with Crippen LogP contribution in [0.1, 0.15) is 0 Å². The molecule has 44 valence electrons. The molecule has 3 atom stereocenters. The van der Waals surface area contributed by atoms with E-state index in [1.54, 1.807) is 0 Å². The second-order valence-corrected chi connectivity index (χ2v) is 2.34. The Hall–Kier alpha value is -0.390. The zero-order valence-electron chi connectivity index (χ0n) is 4.09. The van der Waals surface area contributed by atoms with Gasteiger partial charge in [-0.05, 0) is 12.2 Å². The molecular weight excluding hydrogens is 124 g/mol. The number of hydrazine groups is 1. The molecule has 2 fully saturated rings. The predicted octanol–water partition coefficient (Wildman–Crippen LogP) is -1.69. The van der Waals surface area contributed by atoms with Gasteiger partial charge in [0.2, 0.25) is 0 Å². The van der Waals surface area contributed by atoms with Gasteiger partial charge in [-0.3, -0.25) is 5.43 Å². The molecule has 0 aromatic heterocycles. The number of thiocarbonyl (C=S) groups is 1. The van der Waals surface area contributed by atoms with E-state index in [-0.39, 0.29) is 12.3 Å². The summed E-state index contributed by atoms with van der Waals surface area (Å²) in [6.07, 6.45) is 0.393. The van der Waals surface area contributed by atoms with Gasteiger partial charge in [-0.2, -0.15) is 5.01 Å². The molecule has 0 aromatic rings. The predicted molar refractivity (Wildman–Crippen MR) is 32.5 cm³/mol. The number of hydrogen-bond donors (Lipinski definition) is 3. The van der Waals surface area contributed by atoms with Crippen LogP contribution in [0.4, 0.5) is 0 Å². The van der Waals surface area contributed by atoms with Gasteiger partial charge in [0.05, 0.1) is 0 Å². The maximum Gasteiger partial charge on any atom is 0.182 e. The van der Waals surface area contributed by atoms with Gasteiger partial charge >= 0.3 is 0 Å². The van der Waals surface area contributed by atoms with Crippen molar-refractivity contribution in [1.82, 2.24) is 15.8 Å². The first kappa shape index (κ1) is 4.49. The number of nitrogens with zero attached hydrogens (tertiary/aromatic N) is 1. The summed E-state index contributed by atoms with van der Waals surface area (Å²) in [4.78, 5) is 0. The highest BCUT2D eigenvalue weighted by atomic mass is 32.1. The molecule has 0 aliphatic carbocycles. The van der Waals surface area contributed by atoms with Crippen LogP contribution in [0.3, 0.4) is 0 Å². The maximum atomic E-state index is 5.48. The van der Waals surface area contributed by atoms with Crippen molar-refractivity contribution in [2.75, 3.05) is 0 Å². The minimum absolute atomic E-state index is 0.127. The summed E-state index contributed by atoms with van der Waals surface area (Å²) in [5, 5.41) is 5.50. The molecule has 0 bridgehead atoms. The van der Waals surface area contributed by atoms with E-state index < -0.39 is 0 Å². The van der Waals surface area contributed by atoms with Gasteiger partial charge in [0.25, 0.3) is 0 Å². The molecule has 4 N–H and O–H groups in total. The minimum Gasteiger partial charge on any atom is -0.342 e. The normalized spacial score (nSPS) is 49.6. The van der Waals surface area contributed by atoms with E-state index in [0.29, 0.717) is 5.11 Å². The van der Waals surface area contributed by atoms with Crippen LogP contribution in [-0.2, 0) is 0 Å². The Morgan fingerprint density at radius 3 is 2.88 bits per heavy atom. The van der Waals surface area contributed by atoms with Crippen molar-refractivity contribution in [3.8, 4) is 0 Å². The average molecular weight is 130 g/mol. The van der Waals surface area contributed by atoms with Crippen molar-refractivity contribution in [1.29, 1.82) is 0 Å². The third-order valence-electron chi connectivity index (χ3n) is 1.36. The maximum absolute atomic E-state index is 5.48. The minimum atomic E-state index is 0.127. The molecule has 0 spiro atoms. The van der Waals surface area contributed by atoms with Gasteiger partial charge in [-0.25, -0.2) is 0 Å². The molecule has 0 radical (unpaired) electrons. The van der Waals surface area contributed by atoms with Crippen molar-refractivity contribution < 1.29 is 0 Å². The summed E-state index contributed by atoms with van der Waals surface area (Å²) in [6.45, 7) is 0. The van der Waals surface area contributed by atoms with Crippen molar-refractivity contribution in [2.24, 2.45) is 5.73 Å². The fourth-order valence-corrected chi connectivity index (χ4v) is 1.06. The van der Waals surface area contributed by atoms with Crippen LogP contribution < -0.4 is 16.5 Å². The lowest BCUT2D eigenvalue weighted by molar-refractivity contribution is 0.467. The molecule has 0 saturated carbocycles. The molecule has 0 aromatic carbocycles. The molecule has 2 heterocycles. The van der Waals surface area contributed by atoms with Crippen molar-refractivity contribution in [2.45, 2.75) is 12.3 Å². The van der Waals surface area contributed by atoms with E-state index in [1.807, 2.05) is 5.01 Å². The molecule has 3 unspecified atom stereocenters. The molecule has 4 nitrogen and oxygen atoms in total. The number of nitrogens with two attached hydrogens (primary N) is 1. The highest BCUT2D eigenvalue weighted by Crippen LogP contribution is 2.20. The molecule has 5 heteroatoms. The standard InChI is InChI=1S/C3H6N4S/c4-1-2-5-3(8)6-7(1)2/h1-2H,4H2,(H2,5,6,8). The van der Waals surface area contributed by atoms with Crippen LogP contribution in [0, 0.1) is 0 Å². The summed E-state index contributed by atoms with van der Waals surface area (Å²) in [6, 6.07) is 0. The van der Waals surface area contributed by atoms with Gasteiger partial charge in [-0.1, -0.05) is 0 Å². The Bertz CT molecular complexity index is 132. The fourth-order valence-electron chi connectivity index (χ4n) is 0.832. The summed E-state index contributed by atoms with van der Waals surface area (Å²) in [5.74, 6) is 0. The van der Waals surface area contributed by atoms with E-state index in [0.717, 1.165) is 0 Å². The topological polar surface area (TPSA) is 53.1 Å². The van der Waals surface area contributed by atoms with Crippen LogP contribution in [-0.4, -0.2) is 22.5 Å². The zero-order chi connectivity index (χ0) is 5.72. The summed E-state index contributed by atoms with van der Waals surface area (Å²) in [5.41, 5.74) is 8.34. The Morgan fingerprint density at radius 1 is 1.75 bits per heavy atom. The third kappa shape index (κ3) is 0.384. The van der Waals surface area contributed by atoms with Crippen LogP contribution >= 0.6 is 12.2 Å². The molecule has 2 aliphatic rings. The number of rotatable bonds is 0. The molecule has 2 aliphatic heterocycles. The summed E-state index contributed by atoms with van der Waals surface area (Å²) in [7, 11) is 0. The summed E-state index contributed by atoms with van der Waals surface area (Å²) < 4.78 is 0. The van der Waals surface area contributed by atoms with Gasteiger partial charge in [0.15, 0.2) is 5.11 Å². The first-order chi connectivity index (χ1) is 3.79. The van der Waals surface area contributed by atoms with E-state index in [1.165, 1.54) is 0 Å². The smallest absolute Gasteiger partial charge is 0.182 e. The van der Waals surface area contributed by atoms with Gasteiger partial charge in [-0.15, -0.1) is 0 Å². The van der Waals surface area contributed by atoms with E-state index >= 15 is 0 Å². The molecule has 2 rings (SSSR count). The van der Waals surface area contributed by atoms with Gasteiger partial charge < -0.3 is 11.1 Å². The van der Waals surface area contributed by atoms with Crippen LogP contribution in [0.2, 0.25) is 0 Å². The Morgan fingerprint density at radius 2 is 2.50 bits per heavy atom. The largest absolute Gasteiger partial charge is 0.342 e. The quantitative estimate of drug-likeness (QED) is 0.270. The van der Waals surface area contributed by atoms with E-state index in [2.05, 4.69) is 10.7 Å². The van der Waals surface area contributed by atoms with Gasteiger partial charge in [0, 0.05) is 0 Å². The van der Waals surface area contributed by atoms with Crippen LogP contribution in [0.25, 0.3) is 0 Å². The first-order valence-corrected chi connectivity index (χ1v) is 2.81. The average Bonchev–Trinajstić information content (AvgIpc) is 2.29. The van der Waals surface area contributed by atoms with Crippen molar-refractivity contribution in [3.05, 3.63) is 0 Å². The molecule has 2 saturated heterocycles. The Kier molecular flexibility index (Phi) is 0.630. The Balaban J connectivity index is 2.09. The lowest BCUT2D eigenvalue weighted by atomic mass is 10.7. The summed E-state index contributed by atoms with van der Waals surface area (Å²) >= 11 is 4.76. The first-order valence-electron chi connectivity index (χ1n) is 2.40. The lowest BCUT2D eigenvalue weighted by Gasteiger charge is -1.99. The molecule has 0 amide bonds. The lowest BCUT2D eigenvalue weighted by Crippen LogP contribution is -2.36. The second-order valence-electron chi connectivity index (χ2n) is 1.93. The van der Waals surface area contributed by atoms with E-state index in [4.69, 9.17) is 18.0 Å². The highest BCUT2D eigenvalue weighted by Gasteiger charge is 2.50.